The molecule has 0 aliphatic carbocycles. The predicted octanol–water partition coefficient (Wildman–Crippen LogP) is 2.35. The summed E-state index contributed by atoms with van der Waals surface area (Å²) < 4.78 is 1.75. The summed E-state index contributed by atoms with van der Waals surface area (Å²) in [5.41, 5.74) is 1.62. The molecule has 3 aromatic rings. The first-order chi connectivity index (χ1) is 11.7. The van der Waals surface area contributed by atoms with E-state index in [0.29, 0.717) is 23.7 Å². The van der Waals surface area contributed by atoms with Crippen molar-refractivity contribution >= 4 is 28.8 Å². The van der Waals surface area contributed by atoms with Crippen LogP contribution in [0.25, 0.3) is 5.52 Å². The van der Waals surface area contributed by atoms with Crippen LogP contribution in [-0.2, 0) is 0 Å². The molecule has 0 saturated carbocycles. The minimum Gasteiger partial charge on any atom is -0.353 e. The molecule has 0 bridgehead atoms. The van der Waals surface area contributed by atoms with Gasteiger partial charge in [-0.1, -0.05) is 11.6 Å². The van der Waals surface area contributed by atoms with E-state index in [1.54, 1.807) is 16.9 Å². The average Bonchev–Trinajstić information content (AvgIpc) is 3.09. The third-order valence-electron chi connectivity index (χ3n) is 4.25. The number of carbonyl (C=O) groups excluding carboxylic acids is 1. The zero-order chi connectivity index (χ0) is 16.5. The minimum absolute atomic E-state index is 0.0578. The molecule has 122 valence electrons. The van der Waals surface area contributed by atoms with Gasteiger partial charge >= 0.3 is 0 Å². The van der Waals surface area contributed by atoms with Gasteiger partial charge in [-0.2, -0.15) is 5.10 Å². The Kier molecular flexibility index (Phi) is 3.82. The molecule has 1 aliphatic rings. The molecule has 4 heterocycles. The molecule has 0 spiro atoms. The number of aromatic nitrogens is 3. The summed E-state index contributed by atoms with van der Waals surface area (Å²) in [7, 11) is 0. The molecule has 1 fully saturated rings. The highest BCUT2D eigenvalue weighted by Crippen LogP contribution is 2.17. The van der Waals surface area contributed by atoms with Gasteiger partial charge in [0.25, 0.3) is 5.91 Å². The monoisotopic (exact) mass is 341 g/mol. The number of halogens is 1. The summed E-state index contributed by atoms with van der Waals surface area (Å²) in [6.07, 6.45) is 5.19. The molecular formula is C17H16ClN5O. The number of piperazine rings is 1. The summed E-state index contributed by atoms with van der Waals surface area (Å²) in [5, 5.41) is 4.78. The van der Waals surface area contributed by atoms with Gasteiger partial charge in [0.2, 0.25) is 0 Å². The van der Waals surface area contributed by atoms with Crippen molar-refractivity contribution in [1.82, 2.24) is 19.5 Å². The lowest BCUT2D eigenvalue weighted by atomic mass is 10.2. The first-order valence-electron chi connectivity index (χ1n) is 7.80. The second-order valence-electron chi connectivity index (χ2n) is 5.73. The molecule has 0 atom stereocenters. The molecule has 6 nitrogen and oxygen atoms in total. The van der Waals surface area contributed by atoms with Gasteiger partial charge in [-0.3, -0.25) is 4.79 Å². The smallest absolute Gasteiger partial charge is 0.254 e. The molecule has 3 aromatic heterocycles. The van der Waals surface area contributed by atoms with Crippen LogP contribution in [-0.4, -0.2) is 51.6 Å². The highest BCUT2D eigenvalue weighted by molar-refractivity contribution is 6.30. The second-order valence-corrected chi connectivity index (χ2v) is 6.17. The first-order valence-corrected chi connectivity index (χ1v) is 8.18. The number of rotatable bonds is 2. The van der Waals surface area contributed by atoms with Gasteiger partial charge in [-0.25, -0.2) is 9.50 Å². The number of hydrogen-bond donors (Lipinski definition) is 0. The molecule has 0 N–H and O–H groups in total. The zero-order valence-electron chi connectivity index (χ0n) is 13.0. The van der Waals surface area contributed by atoms with Crippen LogP contribution in [0, 0.1) is 0 Å². The summed E-state index contributed by atoms with van der Waals surface area (Å²) in [4.78, 5) is 21.1. The van der Waals surface area contributed by atoms with Crippen LogP contribution >= 0.6 is 11.6 Å². The van der Waals surface area contributed by atoms with Gasteiger partial charge in [0.05, 0.1) is 10.5 Å². The number of hydrogen-bond acceptors (Lipinski definition) is 4. The van der Waals surface area contributed by atoms with Crippen molar-refractivity contribution in [2.24, 2.45) is 0 Å². The molecule has 24 heavy (non-hydrogen) atoms. The van der Waals surface area contributed by atoms with E-state index in [4.69, 9.17) is 11.6 Å². The van der Waals surface area contributed by atoms with Crippen LogP contribution in [0.3, 0.4) is 0 Å². The van der Waals surface area contributed by atoms with Crippen LogP contribution in [0.15, 0.2) is 48.9 Å². The summed E-state index contributed by atoms with van der Waals surface area (Å²) in [6, 6.07) is 9.33. The standard InChI is InChI=1S/C17H16ClN5O/c18-14-1-2-16(19-12-14)21-7-9-22(10-8-21)17(24)13-4-6-23-15(11-13)3-5-20-23/h1-6,11-12H,7-10H2. The van der Waals surface area contributed by atoms with E-state index in [-0.39, 0.29) is 5.91 Å². The first kappa shape index (κ1) is 15.0. The summed E-state index contributed by atoms with van der Waals surface area (Å²) in [5.74, 6) is 0.953. The Bertz CT molecular complexity index is 868. The van der Waals surface area contributed by atoms with Gasteiger partial charge < -0.3 is 9.80 Å². The summed E-state index contributed by atoms with van der Waals surface area (Å²) >= 11 is 5.88. The van der Waals surface area contributed by atoms with E-state index in [1.807, 2.05) is 41.4 Å². The Morgan fingerprint density at radius 2 is 1.92 bits per heavy atom. The van der Waals surface area contributed by atoms with E-state index in [0.717, 1.165) is 24.4 Å². The lowest BCUT2D eigenvalue weighted by Crippen LogP contribution is -2.49. The van der Waals surface area contributed by atoms with Gasteiger partial charge in [-0.15, -0.1) is 0 Å². The molecule has 4 rings (SSSR count). The quantitative estimate of drug-likeness (QED) is 0.718. The Labute approximate surface area is 144 Å². The summed E-state index contributed by atoms with van der Waals surface area (Å²) in [6.45, 7) is 2.87. The molecular weight excluding hydrogens is 326 g/mol. The van der Waals surface area contributed by atoms with Crippen molar-refractivity contribution in [2.75, 3.05) is 31.1 Å². The molecule has 1 saturated heterocycles. The maximum Gasteiger partial charge on any atom is 0.254 e. The van der Waals surface area contributed by atoms with Gasteiger partial charge in [0, 0.05) is 50.3 Å². The number of carbonyl (C=O) groups is 1. The second kappa shape index (κ2) is 6.13. The van der Waals surface area contributed by atoms with Crippen molar-refractivity contribution in [1.29, 1.82) is 0 Å². The molecule has 1 aliphatic heterocycles. The number of amides is 1. The number of pyridine rings is 2. The molecule has 0 aromatic carbocycles. The van der Waals surface area contributed by atoms with Crippen LogP contribution in [0.2, 0.25) is 5.02 Å². The predicted molar refractivity (Wildman–Crippen MR) is 92.6 cm³/mol. The zero-order valence-corrected chi connectivity index (χ0v) is 13.7. The van der Waals surface area contributed by atoms with Crippen molar-refractivity contribution in [3.8, 4) is 0 Å². The Hall–Kier alpha value is -2.60. The van der Waals surface area contributed by atoms with E-state index < -0.39 is 0 Å². The Morgan fingerprint density at radius 3 is 2.67 bits per heavy atom. The fraction of sp³-hybridized carbons (Fsp3) is 0.235. The molecule has 0 unspecified atom stereocenters. The van der Waals surface area contributed by atoms with Gasteiger partial charge in [0.15, 0.2) is 0 Å². The van der Waals surface area contributed by atoms with Crippen LogP contribution < -0.4 is 4.90 Å². The van der Waals surface area contributed by atoms with E-state index in [1.165, 1.54) is 0 Å². The molecule has 7 heteroatoms. The lowest BCUT2D eigenvalue weighted by molar-refractivity contribution is 0.0746. The lowest BCUT2D eigenvalue weighted by Gasteiger charge is -2.35. The highest BCUT2D eigenvalue weighted by atomic mass is 35.5. The third kappa shape index (κ3) is 2.80. The van der Waals surface area contributed by atoms with Crippen LogP contribution in [0.5, 0.6) is 0 Å². The number of nitrogens with zero attached hydrogens (tertiary/aromatic N) is 5. The molecule has 1 amide bonds. The number of anilines is 1. The SMILES string of the molecule is O=C(c1ccn2nccc2c1)N1CCN(c2ccc(Cl)cn2)CC1. The van der Waals surface area contributed by atoms with Crippen LogP contribution in [0.1, 0.15) is 10.4 Å². The van der Waals surface area contributed by atoms with Crippen molar-refractivity contribution < 1.29 is 4.79 Å². The van der Waals surface area contributed by atoms with Crippen molar-refractivity contribution in [3.63, 3.8) is 0 Å². The normalized spacial score (nSPS) is 15.0. The van der Waals surface area contributed by atoms with Crippen molar-refractivity contribution in [2.45, 2.75) is 0 Å². The average molecular weight is 342 g/mol. The highest BCUT2D eigenvalue weighted by Gasteiger charge is 2.23. The maximum atomic E-state index is 12.7. The van der Waals surface area contributed by atoms with Gasteiger partial charge in [0.1, 0.15) is 5.82 Å². The minimum atomic E-state index is 0.0578. The van der Waals surface area contributed by atoms with E-state index in [9.17, 15) is 4.79 Å². The largest absolute Gasteiger partial charge is 0.353 e. The van der Waals surface area contributed by atoms with Crippen LogP contribution in [0.4, 0.5) is 5.82 Å². The fourth-order valence-electron chi connectivity index (χ4n) is 2.93. The van der Waals surface area contributed by atoms with Gasteiger partial charge in [-0.05, 0) is 30.3 Å². The van der Waals surface area contributed by atoms with E-state index >= 15 is 0 Å². The Morgan fingerprint density at radius 1 is 1.08 bits per heavy atom. The maximum absolute atomic E-state index is 12.7. The number of fused-ring (bicyclic) bond motifs is 1. The Balaban J connectivity index is 1.44. The van der Waals surface area contributed by atoms with E-state index in [2.05, 4.69) is 15.0 Å². The molecule has 0 radical (unpaired) electrons. The fourth-order valence-corrected chi connectivity index (χ4v) is 3.04. The topological polar surface area (TPSA) is 53.7 Å². The van der Waals surface area contributed by atoms with Crippen molar-refractivity contribution in [3.05, 3.63) is 59.5 Å². The third-order valence-corrected chi connectivity index (χ3v) is 4.47.